The summed E-state index contributed by atoms with van der Waals surface area (Å²) in [6.45, 7) is 0.751. The number of methoxy groups -OCH3 is 2. The maximum Gasteiger partial charge on any atom is 0.233 e. The lowest BCUT2D eigenvalue weighted by atomic mass is 10.0. The summed E-state index contributed by atoms with van der Waals surface area (Å²) in [6.07, 6.45) is 3.33. The van der Waals surface area contributed by atoms with E-state index >= 15 is 0 Å². The highest BCUT2D eigenvalue weighted by molar-refractivity contribution is 7.99. The van der Waals surface area contributed by atoms with E-state index in [9.17, 15) is 4.79 Å². The molecule has 2 heterocycles. The van der Waals surface area contributed by atoms with Crippen molar-refractivity contribution in [1.82, 2.24) is 20.1 Å². The van der Waals surface area contributed by atoms with Crippen molar-refractivity contribution in [3.05, 3.63) is 30.1 Å². The van der Waals surface area contributed by atoms with Crippen molar-refractivity contribution >= 4 is 17.7 Å². The van der Waals surface area contributed by atoms with Crippen LogP contribution in [0, 0.1) is 0 Å². The van der Waals surface area contributed by atoms with Crippen LogP contribution in [0.15, 0.2) is 29.7 Å². The van der Waals surface area contributed by atoms with Gasteiger partial charge >= 0.3 is 0 Å². The number of thioether (sulfide) groups is 1. The predicted octanol–water partition coefficient (Wildman–Crippen LogP) is 2.28. The van der Waals surface area contributed by atoms with Gasteiger partial charge < -0.3 is 14.4 Å². The van der Waals surface area contributed by atoms with Crippen molar-refractivity contribution in [3.63, 3.8) is 0 Å². The highest BCUT2D eigenvalue weighted by Crippen LogP contribution is 2.39. The number of benzene rings is 1. The third kappa shape index (κ3) is 3.48. The van der Waals surface area contributed by atoms with E-state index in [2.05, 4.69) is 15.2 Å². The van der Waals surface area contributed by atoms with Crippen molar-refractivity contribution in [2.75, 3.05) is 26.5 Å². The fourth-order valence-electron chi connectivity index (χ4n) is 2.97. The molecule has 0 spiro atoms. The van der Waals surface area contributed by atoms with Gasteiger partial charge in [-0.05, 0) is 31.0 Å². The van der Waals surface area contributed by atoms with Gasteiger partial charge in [-0.3, -0.25) is 9.89 Å². The normalized spacial score (nSPS) is 17.1. The number of hydrogen-bond donors (Lipinski definition) is 1. The summed E-state index contributed by atoms with van der Waals surface area (Å²) in [4.78, 5) is 18.6. The maximum atomic E-state index is 12.6. The molecule has 0 radical (unpaired) electrons. The Labute approximate surface area is 144 Å². The molecule has 2 aromatic rings. The number of likely N-dealkylation sites (tertiary alicyclic amines) is 1. The SMILES string of the molecule is COc1ccc(OC)c([C@H]2CCCN2C(=O)CSc2ncn[nH]2)c1. The molecule has 7 nitrogen and oxygen atoms in total. The van der Waals surface area contributed by atoms with Crippen molar-refractivity contribution < 1.29 is 14.3 Å². The van der Waals surface area contributed by atoms with Gasteiger partial charge in [0, 0.05) is 12.1 Å². The average molecular weight is 348 g/mol. The predicted molar refractivity (Wildman–Crippen MR) is 90.3 cm³/mol. The van der Waals surface area contributed by atoms with Crippen molar-refractivity contribution in [2.45, 2.75) is 24.0 Å². The van der Waals surface area contributed by atoms with Gasteiger partial charge in [-0.1, -0.05) is 11.8 Å². The molecule has 1 fully saturated rings. The van der Waals surface area contributed by atoms with E-state index in [0.717, 1.165) is 36.4 Å². The number of aromatic nitrogens is 3. The van der Waals surface area contributed by atoms with E-state index in [1.165, 1.54) is 18.1 Å². The number of nitrogens with zero attached hydrogens (tertiary/aromatic N) is 3. The molecule has 1 aromatic heterocycles. The molecule has 1 atom stereocenters. The molecule has 1 N–H and O–H groups in total. The summed E-state index contributed by atoms with van der Waals surface area (Å²) >= 11 is 1.36. The van der Waals surface area contributed by atoms with Crippen LogP contribution in [0.2, 0.25) is 0 Å². The Bertz CT molecular complexity index is 693. The second-order valence-electron chi connectivity index (χ2n) is 5.43. The summed E-state index contributed by atoms with van der Waals surface area (Å²) in [7, 11) is 3.28. The smallest absolute Gasteiger partial charge is 0.233 e. The number of amides is 1. The first-order valence-corrected chi connectivity index (χ1v) is 8.71. The van der Waals surface area contributed by atoms with Gasteiger partial charge in [-0.25, -0.2) is 4.98 Å². The van der Waals surface area contributed by atoms with Gasteiger partial charge in [0.25, 0.3) is 0 Å². The van der Waals surface area contributed by atoms with Crippen molar-refractivity contribution in [1.29, 1.82) is 0 Å². The number of rotatable bonds is 6. The number of H-pyrrole nitrogens is 1. The Morgan fingerprint density at radius 2 is 2.29 bits per heavy atom. The van der Waals surface area contributed by atoms with Crippen LogP contribution in [-0.2, 0) is 4.79 Å². The van der Waals surface area contributed by atoms with E-state index in [4.69, 9.17) is 9.47 Å². The van der Waals surface area contributed by atoms with Crippen molar-refractivity contribution in [3.8, 4) is 11.5 Å². The Hall–Kier alpha value is -2.22. The minimum absolute atomic E-state index is 0.0119. The largest absolute Gasteiger partial charge is 0.497 e. The molecule has 0 bridgehead atoms. The Balaban J connectivity index is 1.76. The highest BCUT2D eigenvalue weighted by atomic mass is 32.2. The molecule has 3 rings (SSSR count). The molecule has 1 aliphatic heterocycles. The molecular weight excluding hydrogens is 328 g/mol. The molecule has 128 valence electrons. The minimum Gasteiger partial charge on any atom is -0.497 e. The van der Waals surface area contributed by atoms with Gasteiger partial charge in [0.2, 0.25) is 5.91 Å². The first kappa shape index (κ1) is 16.6. The van der Waals surface area contributed by atoms with Gasteiger partial charge in [-0.2, -0.15) is 5.10 Å². The summed E-state index contributed by atoms with van der Waals surface area (Å²) in [6, 6.07) is 5.72. The molecule has 0 aliphatic carbocycles. The molecule has 0 unspecified atom stereocenters. The van der Waals surface area contributed by atoms with E-state index < -0.39 is 0 Å². The van der Waals surface area contributed by atoms with Crippen LogP contribution >= 0.6 is 11.8 Å². The number of carbonyl (C=O) groups is 1. The maximum absolute atomic E-state index is 12.6. The lowest BCUT2D eigenvalue weighted by molar-refractivity contribution is -0.129. The first-order valence-electron chi connectivity index (χ1n) is 7.72. The van der Waals surface area contributed by atoms with Crippen LogP contribution in [0.5, 0.6) is 11.5 Å². The topological polar surface area (TPSA) is 80.3 Å². The molecule has 8 heteroatoms. The van der Waals surface area contributed by atoms with Crippen LogP contribution in [-0.4, -0.2) is 52.5 Å². The van der Waals surface area contributed by atoms with Crippen LogP contribution in [0.25, 0.3) is 0 Å². The second kappa shape index (κ2) is 7.57. The fourth-order valence-corrected chi connectivity index (χ4v) is 3.63. The number of nitrogens with one attached hydrogen (secondary N) is 1. The van der Waals surface area contributed by atoms with Crippen LogP contribution in [0.4, 0.5) is 0 Å². The lowest BCUT2D eigenvalue weighted by Gasteiger charge is -2.26. The van der Waals surface area contributed by atoms with Crippen molar-refractivity contribution in [2.24, 2.45) is 0 Å². The van der Waals surface area contributed by atoms with Crippen LogP contribution < -0.4 is 9.47 Å². The molecule has 24 heavy (non-hydrogen) atoms. The highest BCUT2D eigenvalue weighted by Gasteiger charge is 2.32. The summed E-state index contributed by atoms with van der Waals surface area (Å²) in [5.74, 6) is 1.96. The summed E-state index contributed by atoms with van der Waals surface area (Å²) in [5, 5.41) is 7.19. The lowest BCUT2D eigenvalue weighted by Crippen LogP contribution is -2.32. The van der Waals surface area contributed by atoms with E-state index in [-0.39, 0.29) is 11.9 Å². The zero-order valence-corrected chi connectivity index (χ0v) is 14.5. The Kier molecular flexibility index (Phi) is 5.24. The van der Waals surface area contributed by atoms with E-state index in [1.54, 1.807) is 14.2 Å². The average Bonchev–Trinajstić information content (AvgIpc) is 3.30. The quantitative estimate of drug-likeness (QED) is 0.807. The molecular formula is C16H20N4O3S. The molecule has 0 saturated carbocycles. The standard InChI is InChI=1S/C16H20N4O3S/c1-22-11-5-6-14(23-2)12(8-11)13-4-3-7-20(13)15(21)9-24-16-17-10-18-19-16/h5-6,8,10,13H,3-4,7,9H2,1-2H3,(H,17,18,19)/t13-/m1/s1. The summed E-state index contributed by atoms with van der Waals surface area (Å²) in [5.41, 5.74) is 0.993. The van der Waals surface area contributed by atoms with Gasteiger partial charge in [-0.15, -0.1) is 0 Å². The number of hydrogen-bond acceptors (Lipinski definition) is 6. The zero-order valence-electron chi connectivity index (χ0n) is 13.7. The Morgan fingerprint density at radius 3 is 3.00 bits per heavy atom. The van der Waals surface area contributed by atoms with E-state index in [0.29, 0.717) is 10.9 Å². The van der Waals surface area contributed by atoms with Gasteiger partial charge in [0.05, 0.1) is 26.0 Å². The van der Waals surface area contributed by atoms with Gasteiger partial charge in [0.15, 0.2) is 5.16 Å². The molecule has 1 saturated heterocycles. The third-order valence-corrected chi connectivity index (χ3v) is 4.96. The third-order valence-electron chi connectivity index (χ3n) is 4.09. The molecule has 1 aromatic carbocycles. The Morgan fingerprint density at radius 1 is 1.42 bits per heavy atom. The zero-order chi connectivity index (χ0) is 16.9. The van der Waals surface area contributed by atoms with Gasteiger partial charge in [0.1, 0.15) is 17.8 Å². The number of carbonyl (C=O) groups excluding carboxylic acids is 1. The first-order chi connectivity index (χ1) is 11.7. The number of aromatic amines is 1. The number of ether oxygens (including phenoxy) is 2. The fraction of sp³-hybridized carbons (Fsp3) is 0.438. The van der Waals surface area contributed by atoms with E-state index in [1.807, 2.05) is 23.1 Å². The van der Waals surface area contributed by atoms with Crippen LogP contribution in [0.3, 0.4) is 0 Å². The summed E-state index contributed by atoms with van der Waals surface area (Å²) < 4.78 is 10.8. The molecule has 1 aliphatic rings. The minimum atomic E-state index is 0.0119. The monoisotopic (exact) mass is 348 g/mol. The molecule has 1 amide bonds. The van der Waals surface area contributed by atoms with Crippen LogP contribution in [0.1, 0.15) is 24.4 Å². The second-order valence-corrected chi connectivity index (χ2v) is 6.40.